The van der Waals surface area contributed by atoms with Gasteiger partial charge in [-0.15, -0.1) is 11.3 Å². The number of nitrogens with zero attached hydrogens (tertiary/aromatic N) is 5. The van der Waals surface area contributed by atoms with E-state index in [-0.39, 0.29) is 0 Å². The third-order valence-corrected chi connectivity index (χ3v) is 11.1. The van der Waals surface area contributed by atoms with E-state index in [4.69, 9.17) is 15.0 Å². The highest BCUT2D eigenvalue weighted by Crippen LogP contribution is 2.41. The lowest BCUT2D eigenvalue weighted by atomic mass is 10.1. The molecule has 0 atom stereocenters. The first-order valence-corrected chi connectivity index (χ1v) is 17.9. The molecule has 5 nitrogen and oxygen atoms in total. The highest BCUT2D eigenvalue weighted by molar-refractivity contribution is 7.25. The average molecular weight is 670 g/mol. The number of hydrogen-bond acceptors (Lipinski definition) is 4. The molecule has 6 heteroatoms. The first-order chi connectivity index (χ1) is 25.3. The molecule has 238 valence electrons. The first-order valence-electron chi connectivity index (χ1n) is 17.0. The summed E-state index contributed by atoms with van der Waals surface area (Å²) >= 11 is 1.85. The largest absolute Gasteiger partial charge is 0.309 e. The van der Waals surface area contributed by atoms with Crippen LogP contribution in [0.4, 0.5) is 0 Å². The van der Waals surface area contributed by atoms with Crippen LogP contribution in [-0.2, 0) is 0 Å². The molecular formula is C45H27N5S. The molecule has 7 aromatic carbocycles. The summed E-state index contributed by atoms with van der Waals surface area (Å²) in [6.45, 7) is 0. The number of hydrogen-bond donors (Lipinski definition) is 0. The van der Waals surface area contributed by atoms with Crippen LogP contribution < -0.4 is 0 Å². The number of aromatic nitrogens is 5. The zero-order valence-electron chi connectivity index (χ0n) is 27.2. The van der Waals surface area contributed by atoms with Gasteiger partial charge in [-0.1, -0.05) is 109 Å². The van der Waals surface area contributed by atoms with Gasteiger partial charge in [0, 0.05) is 52.8 Å². The first kappa shape index (κ1) is 28.2. The molecule has 0 unspecified atom stereocenters. The fourth-order valence-electron chi connectivity index (χ4n) is 7.76. The predicted octanol–water partition coefficient (Wildman–Crippen LogP) is 11.8. The van der Waals surface area contributed by atoms with Gasteiger partial charge in [0.25, 0.3) is 0 Å². The normalized spacial score (nSPS) is 11.9. The Labute approximate surface area is 296 Å². The van der Waals surface area contributed by atoms with Crippen molar-refractivity contribution in [2.24, 2.45) is 0 Å². The fourth-order valence-corrected chi connectivity index (χ4v) is 8.89. The highest BCUT2D eigenvalue weighted by Gasteiger charge is 2.20. The number of para-hydroxylation sites is 3. The second-order valence-corrected chi connectivity index (χ2v) is 13.9. The maximum Gasteiger partial charge on any atom is 0.238 e. The monoisotopic (exact) mass is 669 g/mol. The molecule has 0 aliphatic carbocycles. The Morgan fingerprint density at radius 1 is 0.373 bits per heavy atom. The molecule has 0 radical (unpaired) electrons. The summed E-state index contributed by atoms with van der Waals surface area (Å²) in [7, 11) is 0. The molecule has 51 heavy (non-hydrogen) atoms. The summed E-state index contributed by atoms with van der Waals surface area (Å²) in [5.41, 5.74) is 7.49. The van der Waals surface area contributed by atoms with Crippen LogP contribution in [0.1, 0.15) is 0 Å². The molecule has 0 fully saturated rings. The Kier molecular flexibility index (Phi) is 6.05. The van der Waals surface area contributed by atoms with Gasteiger partial charge >= 0.3 is 0 Å². The minimum absolute atomic E-state index is 0.592. The predicted molar refractivity (Wildman–Crippen MR) is 212 cm³/mol. The molecule has 11 rings (SSSR count). The van der Waals surface area contributed by atoms with Crippen LogP contribution in [0.25, 0.3) is 98.2 Å². The van der Waals surface area contributed by atoms with Gasteiger partial charge in [-0.25, -0.2) is 4.98 Å². The third-order valence-electron chi connectivity index (χ3n) is 9.99. The minimum atomic E-state index is 0.592. The van der Waals surface area contributed by atoms with E-state index in [1.165, 1.54) is 47.5 Å². The van der Waals surface area contributed by atoms with E-state index >= 15 is 0 Å². The molecule has 11 aromatic rings. The van der Waals surface area contributed by atoms with Crippen LogP contribution in [0.5, 0.6) is 0 Å². The van der Waals surface area contributed by atoms with E-state index in [1.807, 2.05) is 29.5 Å². The van der Waals surface area contributed by atoms with E-state index in [0.717, 1.165) is 33.1 Å². The van der Waals surface area contributed by atoms with Crippen molar-refractivity contribution in [2.45, 2.75) is 0 Å². The number of fused-ring (bicyclic) bond motifs is 9. The van der Waals surface area contributed by atoms with Crippen LogP contribution in [-0.4, -0.2) is 24.1 Å². The van der Waals surface area contributed by atoms with E-state index in [1.54, 1.807) is 0 Å². The Morgan fingerprint density at radius 3 is 1.65 bits per heavy atom. The molecular weight excluding hydrogens is 643 g/mol. The van der Waals surface area contributed by atoms with E-state index < -0.39 is 0 Å². The number of rotatable bonds is 4. The summed E-state index contributed by atoms with van der Waals surface area (Å²) < 4.78 is 7.17. The summed E-state index contributed by atoms with van der Waals surface area (Å²) in [6, 6.07) is 57.8. The molecule has 0 spiro atoms. The SMILES string of the molecule is c1ccc(-c2nc(-c3ccc4c(c3)c3ccccc3n4-c3cccc4sc5ccccc5c34)nc(-n3c4ccccc4c4ccccc43)n2)cc1. The Morgan fingerprint density at radius 2 is 0.922 bits per heavy atom. The lowest BCUT2D eigenvalue weighted by Gasteiger charge is -2.12. The summed E-state index contributed by atoms with van der Waals surface area (Å²) in [5.74, 6) is 1.86. The average Bonchev–Trinajstić information content (AvgIpc) is 3.86. The number of thiophene rings is 1. The smallest absolute Gasteiger partial charge is 0.238 e. The lowest BCUT2D eigenvalue weighted by Crippen LogP contribution is -2.06. The van der Waals surface area contributed by atoms with Crippen LogP contribution >= 0.6 is 11.3 Å². The molecule has 0 aliphatic heterocycles. The Hall–Kier alpha value is -6.63. The van der Waals surface area contributed by atoms with Crippen molar-refractivity contribution in [2.75, 3.05) is 0 Å². The van der Waals surface area contributed by atoms with Gasteiger partial charge in [-0.2, -0.15) is 9.97 Å². The van der Waals surface area contributed by atoms with Crippen molar-refractivity contribution in [1.82, 2.24) is 24.1 Å². The van der Waals surface area contributed by atoms with Crippen LogP contribution in [0.3, 0.4) is 0 Å². The van der Waals surface area contributed by atoms with E-state index in [0.29, 0.717) is 17.6 Å². The standard InChI is InChI=1S/C45H27N5S/c1-2-13-28(14-3-1)43-46-44(48-45(47-43)50-36-20-9-4-15-30(36)31-16-5-10-21-37(31)50)29-25-26-38-34(27-29)32-17-6-8-19-35(32)49(38)39-22-12-24-41-42(39)33-18-7-11-23-40(33)51-41/h1-27H. The van der Waals surface area contributed by atoms with E-state index in [2.05, 4.69) is 155 Å². The van der Waals surface area contributed by atoms with Gasteiger partial charge in [0.2, 0.25) is 5.95 Å². The molecule has 0 saturated heterocycles. The van der Waals surface area contributed by atoms with Crippen molar-refractivity contribution in [3.8, 4) is 34.4 Å². The zero-order chi connectivity index (χ0) is 33.5. The van der Waals surface area contributed by atoms with Crippen molar-refractivity contribution in [3.63, 3.8) is 0 Å². The molecule has 0 N–H and O–H groups in total. The number of benzene rings is 7. The van der Waals surface area contributed by atoms with Gasteiger partial charge in [0.1, 0.15) is 0 Å². The zero-order valence-corrected chi connectivity index (χ0v) is 28.0. The molecule has 0 aliphatic rings. The van der Waals surface area contributed by atoms with E-state index in [9.17, 15) is 0 Å². The maximum absolute atomic E-state index is 5.23. The summed E-state index contributed by atoms with van der Waals surface area (Å²) in [6.07, 6.45) is 0. The molecule has 0 bridgehead atoms. The second-order valence-electron chi connectivity index (χ2n) is 12.9. The topological polar surface area (TPSA) is 48.5 Å². The molecule has 4 aromatic heterocycles. The van der Waals surface area contributed by atoms with Crippen LogP contribution in [0, 0.1) is 0 Å². The van der Waals surface area contributed by atoms with Crippen molar-refractivity contribution in [3.05, 3.63) is 164 Å². The maximum atomic E-state index is 5.23. The Balaban J connectivity index is 1.17. The minimum Gasteiger partial charge on any atom is -0.309 e. The van der Waals surface area contributed by atoms with Gasteiger partial charge in [0.05, 0.1) is 27.8 Å². The van der Waals surface area contributed by atoms with Gasteiger partial charge in [-0.05, 0) is 54.6 Å². The third kappa shape index (κ3) is 4.24. The highest BCUT2D eigenvalue weighted by atomic mass is 32.1. The van der Waals surface area contributed by atoms with Crippen LogP contribution in [0.2, 0.25) is 0 Å². The summed E-state index contributed by atoms with van der Waals surface area (Å²) in [5, 5.41) is 7.24. The lowest BCUT2D eigenvalue weighted by molar-refractivity contribution is 0.953. The summed E-state index contributed by atoms with van der Waals surface area (Å²) in [4.78, 5) is 15.5. The molecule has 4 heterocycles. The second kappa shape index (κ2) is 10.9. The van der Waals surface area contributed by atoms with Crippen molar-refractivity contribution in [1.29, 1.82) is 0 Å². The van der Waals surface area contributed by atoms with Crippen molar-refractivity contribution >= 4 is 75.1 Å². The fraction of sp³-hybridized carbons (Fsp3) is 0. The van der Waals surface area contributed by atoms with Gasteiger partial charge in [-0.3, -0.25) is 4.57 Å². The van der Waals surface area contributed by atoms with Crippen LogP contribution in [0.15, 0.2) is 164 Å². The molecule has 0 saturated carbocycles. The van der Waals surface area contributed by atoms with Gasteiger partial charge < -0.3 is 4.57 Å². The quantitative estimate of drug-likeness (QED) is 0.187. The van der Waals surface area contributed by atoms with Gasteiger partial charge in [0.15, 0.2) is 11.6 Å². The van der Waals surface area contributed by atoms with Crippen molar-refractivity contribution < 1.29 is 0 Å². The Bertz CT molecular complexity index is 3100. The molecule has 0 amide bonds.